The third-order valence-electron chi connectivity index (χ3n) is 2.04. The van der Waals surface area contributed by atoms with E-state index in [9.17, 15) is 4.79 Å². The molecule has 4 heteroatoms. The van der Waals surface area contributed by atoms with Crippen LogP contribution in [0.15, 0.2) is 34.2 Å². The van der Waals surface area contributed by atoms with E-state index in [-0.39, 0.29) is 0 Å². The summed E-state index contributed by atoms with van der Waals surface area (Å²) in [5.74, 6) is 0. The molecule has 0 unspecified atom stereocenters. The lowest BCUT2D eigenvalue weighted by Crippen LogP contribution is -2.37. The van der Waals surface area contributed by atoms with Gasteiger partial charge < -0.3 is 4.79 Å². The number of carbonyl (C=O) groups is 1. The summed E-state index contributed by atoms with van der Waals surface area (Å²) in [6.07, 6.45) is 6.78. The van der Waals surface area contributed by atoms with Crippen molar-refractivity contribution in [3.8, 4) is 0 Å². The van der Waals surface area contributed by atoms with Crippen molar-refractivity contribution in [1.29, 1.82) is 0 Å². The van der Waals surface area contributed by atoms with Crippen LogP contribution in [-0.4, -0.2) is 23.2 Å². The molecule has 0 spiro atoms. The molecule has 0 saturated heterocycles. The van der Waals surface area contributed by atoms with Gasteiger partial charge in [0.15, 0.2) is 0 Å². The maximum Gasteiger partial charge on any atom is 0.140 e. The van der Waals surface area contributed by atoms with Crippen LogP contribution in [0.4, 0.5) is 0 Å². The Balaban J connectivity index is 4.78. The van der Waals surface area contributed by atoms with Gasteiger partial charge in [0.2, 0.25) is 0 Å². The smallest absolute Gasteiger partial charge is 0.140 e. The molecule has 0 fully saturated rings. The SMILES string of the molecule is C=C(Br)/C(=C\C=C/C)SN(C)C(C)(C)C=O. The van der Waals surface area contributed by atoms with Gasteiger partial charge in [0.05, 0.1) is 5.54 Å². The molecule has 0 rings (SSSR count). The van der Waals surface area contributed by atoms with Gasteiger partial charge in [0, 0.05) is 9.39 Å². The minimum absolute atomic E-state index is 0.498. The molecule has 0 aromatic carbocycles. The first-order valence-electron chi connectivity index (χ1n) is 4.91. The molecule has 0 aliphatic rings. The maximum absolute atomic E-state index is 10.9. The van der Waals surface area contributed by atoms with Crippen LogP contribution in [0.25, 0.3) is 0 Å². The topological polar surface area (TPSA) is 20.3 Å². The molecular weight excluding hydrogens is 286 g/mol. The minimum atomic E-state index is -0.498. The number of rotatable bonds is 6. The van der Waals surface area contributed by atoms with Crippen molar-refractivity contribution < 1.29 is 4.79 Å². The van der Waals surface area contributed by atoms with Crippen LogP contribution in [-0.2, 0) is 4.79 Å². The van der Waals surface area contributed by atoms with E-state index in [2.05, 4.69) is 22.5 Å². The number of hydrogen-bond donors (Lipinski definition) is 0. The van der Waals surface area contributed by atoms with E-state index in [1.807, 2.05) is 50.4 Å². The van der Waals surface area contributed by atoms with Crippen LogP contribution in [0.5, 0.6) is 0 Å². The molecule has 0 bridgehead atoms. The summed E-state index contributed by atoms with van der Waals surface area (Å²) >= 11 is 4.85. The molecule has 0 heterocycles. The summed E-state index contributed by atoms with van der Waals surface area (Å²) in [5.41, 5.74) is -0.498. The fourth-order valence-electron chi connectivity index (χ4n) is 0.693. The highest BCUT2D eigenvalue weighted by molar-refractivity contribution is 9.12. The predicted molar refractivity (Wildman–Crippen MR) is 76.5 cm³/mol. The zero-order valence-corrected chi connectivity index (χ0v) is 12.6. The molecule has 0 aliphatic carbocycles. The van der Waals surface area contributed by atoms with Crippen molar-refractivity contribution in [2.45, 2.75) is 26.3 Å². The zero-order valence-electron chi connectivity index (χ0n) is 10.2. The number of nitrogens with zero attached hydrogens (tertiary/aromatic N) is 1. The van der Waals surface area contributed by atoms with Crippen molar-refractivity contribution in [1.82, 2.24) is 4.31 Å². The lowest BCUT2D eigenvalue weighted by Gasteiger charge is -2.29. The Hall–Kier alpha value is -0.320. The van der Waals surface area contributed by atoms with Crippen LogP contribution in [0.1, 0.15) is 20.8 Å². The highest BCUT2D eigenvalue weighted by atomic mass is 79.9. The van der Waals surface area contributed by atoms with E-state index >= 15 is 0 Å². The fraction of sp³-hybridized carbons (Fsp3) is 0.417. The van der Waals surface area contributed by atoms with Crippen LogP contribution >= 0.6 is 27.9 Å². The molecule has 0 amide bonds. The summed E-state index contributed by atoms with van der Waals surface area (Å²) in [7, 11) is 1.89. The highest BCUT2D eigenvalue weighted by Gasteiger charge is 2.24. The monoisotopic (exact) mass is 303 g/mol. The standard InChI is InChI=1S/C12H18BrNOS/c1-6-7-8-11(10(2)13)16-14(5)12(3,4)9-15/h6-9H,2H2,1,3-5H3/b7-6-,11-8+. The fourth-order valence-corrected chi connectivity index (χ4v) is 1.85. The molecule has 0 aliphatic heterocycles. The average molecular weight is 304 g/mol. The van der Waals surface area contributed by atoms with Crippen LogP contribution in [0.2, 0.25) is 0 Å². The molecule has 0 N–H and O–H groups in total. The number of aldehydes is 1. The van der Waals surface area contributed by atoms with Crippen molar-refractivity contribution in [3.05, 3.63) is 34.2 Å². The zero-order chi connectivity index (χ0) is 12.8. The van der Waals surface area contributed by atoms with Gasteiger partial charge in [-0.2, -0.15) is 0 Å². The Labute approximate surface area is 111 Å². The van der Waals surface area contributed by atoms with E-state index in [0.29, 0.717) is 0 Å². The second-order valence-corrected chi connectivity index (χ2v) is 5.95. The maximum atomic E-state index is 10.9. The Morgan fingerprint density at radius 2 is 2.06 bits per heavy atom. The molecule has 16 heavy (non-hydrogen) atoms. The molecule has 90 valence electrons. The lowest BCUT2D eigenvalue weighted by atomic mass is 10.1. The quantitative estimate of drug-likeness (QED) is 0.421. The van der Waals surface area contributed by atoms with Gasteiger partial charge in [0.25, 0.3) is 0 Å². The highest BCUT2D eigenvalue weighted by Crippen LogP contribution is 2.32. The number of allylic oxidation sites excluding steroid dienone is 4. The number of carbonyl (C=O) groups excluding carboxylic acids is 1. The van der Waals surface area contributed by atoms with E-state index in [4.69, 9.17) is 0 Å². The van der Waals surface area contributed by atoms with Gasteiger partial charge in [-0.3, -0.25) is 0 Å². The Kier molecular flexibility index (Phi) is 6.95. The second kappa shape index (κ2) is 7.09. The van der Waals surface area contributed by atoms with E-state index < -0.39 is 5.54 Å². The average Bonchev–Trinajstić information content (AvgIpc) is 2.23. The van der Waals surface area contributed by atoms with Crippen LogP contribution in [0.3, 0.4) is 0 Å². The van der Waals surface area contributed by atoms with Crippen molar-refractivity contribution in [2.75, 3.05) is 7.05 Å². The summed E-state index contributed by atoms with van der Waals surface area (Å²) in [5, 5.41) is 0. The van der Waals surface area contributed by atoms with Gasteiger partial charge in [-0.1, -0.05) is 34.7 Å². The van der Waals surface area contributed by atoms with Crippen molar-refractivity contribution in [3.63, 3.8) is 0 Å². The van der Waals surface area contributed by atoms with E-state index in [0.717, 1.165) is 15.7 Å². The van der Waals surface area contributed by atoms with Crippen LogP contribution in [0, 0.1) is 0 Å². The number of halogens is 1. The Morgan fingerprint density at radius 1 is 1.50 bits per heavy atom. The number of likely N-dealkylation sites (N-methyl/N-ethyl adjacent to an activating group) is 1. The predicted octanol–water partition coefficient (Wildman–Crippen LogP) is 3.91. The van der Waals surface area contributed by atoms with Crippen molar-refractivity contribution >= 4 is 34.2 Å². The summed E-state index contributed by atoms with van der Waals surface area (Å²) in [4.78, 5) is 11.9. The third kappa shape index (κ3) is 5.14. The first-order chi connectivity index (χ1) is 7.35. The van der Waals surface area contributed by atoms with Gasteiger partial charge in [-0.15, -0.1) is 0 Å². The summed E-state index contributed by atoms with van der Waals surface area (Å²) < 4.78 is 2.71. The van der Waals surface area contributed by atoms with Crippen LogP contribution < -0.4 is 0 Å². The Bertz CT molecular complexity index is 321. The third-order valence-corrected chi connectivity index (χ3v) is 4.06. The molecule has 0 saturated carbocycles. The van der Waals surface area contributed by atoms with Gasteiger partial charge >= 0.3 is 0 Å². The van der Waals surface area contributed by atoms with E-state index in [1.165, 1.54) is 11.9 Å². The first-order valence-corrected chi connectivity index (χ1v) is 6.47. The lowest BCUT2D eigenvalue weighted by molar-refractivity contribution is -0.113. The van der Waals surface area contributed by atoms with Gasteiger partial charge in [-0.25, -0.2) is 4.31 Å². The Morgan fingerprint density at radius 3 is 2.44 bits per heavy atom. The molecule has 0 aromatic heterocycles. The van der Waals surface area contributed by atoms with Crippen molar-refractivity contribution in [2.24, 2.45) is 0 Å². The van der Waals surface area contributed by atoms with Gasteiger partial charge in [-0.05, 0) is 45.8 Å². The molecule has 0 radical (unpaired) electrons. The molecule has 2 nitrogen and oxygen atoms in total. The normalized spacial score (nSPS) is 13.5. The second-order valence-electron chi connectivity index (χ2n) is 3.82. The largest absolute Gasteiger partial charge is 0.301 e. The molecular formula is C12H18BrNOS. The van der Waals surface area contributed by atoms with E-state index in [1.54, 1.807) is 0 Å². The van der Waals surface area contributed by atoms with Gasteiger partial charge in [0.1, 0.15) is 6.29 Å². The molecule has 0 aromatic rings. The molecule has 0 atom stereocenters. The number of hydrogen-bond acceptors (Lipinski definition) is 3. The summed E-state index contributed by atoms with van der Waals surface area (Å²) in [6.45, 7) is 9.55. The summed E-state index contributed by atoms with van der Waals surface area (Å²) in [6, 6.07) is 0. The first kappa shape index (κ1) is 15.7. The minimum Gasteiger partial charge on any atom is -0.301 e.